The zero-order valence-corrected chi connectivity index (χ0v) is 11.7. The van der Waals surface area contributed by atoms with Crippen LogP contribution < -0.4 is 5.32 Å². The highest BCUT2D eigenvalue weighted by molar-refractivity contribution is 5.42. The van der Waals surface area contributed by atoms with Gasteiger partial charge in [0.05, 0.1) is 0 Å². The van der Waals surface area contributed by atoms with Gasteiger partial charge in [-0.2, -0.15) is 0 Å². The Kier molecular flexibility index (Phi) is 2.94. The summed E-state index contributed by atoms with van der Waals surface area (Å²) in [7, 11) is 0. The summed E-state index contributed by atoms with van der Waals surface area (Å²) in [5.74, 6) is 0. The maximum Gasteiger partial charge on any atom is 0.0344 e. The van der Waals surface area contributed by atoms with E-state index in [1.807, 2.05) is 0 Å². The summed E-state index contributed by atoms with van der Waals surface area (Å²) in [5, 5.41) is 3.68. The Morgan fingerprint density at radius 2 is 1.26 bits per heavy atom. The summed E-state index contributed by atoms with van der Waals surface area (Å²) < 4.78 is 0. The van der Waals surface area contributed by atoms with Crippen LogP contribution in [-0.4, -0.2) is 12.1 Å². The van der Waals surface area contributed by atoms with E-state index in [0.717, 1.165) is 13.0 Å². The number of hydrogen-bond donors (Lipinski definition) is 1. The molecule has 3 rings (SSSR count). The Hall–Kier alpha value is -1.60. The molecule has 0 radical (unpaired) electrons. The predicted octanol–water partition coefficient (Wildman–Crippen LogP) is 3.74. The molecule has 0 bridgehead atoms. The third-order valence-electron chi connectivity index (χ3n) is 4.27. The smallest absolute Gasteiger partial charge is 0.0344 e. The SMILES string of the molecule is CC1(C)CC(c2ccccc2)(c2ccccc2)CN1. The van der Waals surface area contributed by atoms with Gasteiger partial charge in [0, 0.05) is 17.5 Å². The fourth-order valence-corrected chi connectivity index (χ4v) is 3.36. The van der Waals surface area contributed by atoms with Crippen molar-refractivity contribution in [2.45, 2.75) is 31.2 Å². The van der Waals surface area contributed by atoms with Crippen molar-refractivity contribution in [2.24, 2.45) is 0 Å². The van der Waals surface area contributed by atoms with E-state index in [-0.39, 0.29) is 11.0 Å². The van der Waals surface area contributed by atoms with Gasteiger partial charge in [0.1, 0.15) is 0 Å². The topological polar surface area (TPSA) is 12.0 Å². The summed E-state index contributed by atoms with van der Waals surface area (Å²) in [6.45, 7) is 5.59. The van der Waals surface area contributed by atoms with Crippen LogP contribution in [0.15, 0.2) is 60.7 Å². The van der Waals surface area contributed by atoms with Crippen molar-refractivity contribution < 1.29 is 0 Å². The van der Waals surface area contributed by atoms with Gasteiger partial charge in [-0.1, -0.05) is 60.7 Å². The molecule has 0 spiro atoms. The predicted molar refractivity (Wildman–Crippen MR) is 80.4 cm³/mol. The van der Waals surface area contributed by atoms with Gasteiger partial charge in [-0.25, -0.2) is 0 Å². The van der Waals surface area contributed by atoms with E-state index in [9.17, 15) is 0 Å². The lowest BCUT2D eigenvalue weighted by atomic mass is 9.71. The standard InChI is InChI=1S/C18H21N/c1-17(2)13-18(14-19-17,15-9-5-3-6-10-15)16-11-7-4-8-12-16/h3-12,19H,13-14H2,1-2H3. The van der Waals surface area contributed by atoms with Gasteiger partial charge in [0.25, 0.3) is 0 Å². The Bertz CT molecular complexity index is 503. The molecular weight excluding hydrogens is 230 g/mol. The monoisotopic (exact) mass is 251 g/mol. The molecule has 1 nitrogen and oxygen atoms in total. The van der Waals surface area contributed by atoms with Crippen LogP contribution in [0, 0.1) is 0 Å². The second kappa shape index (κ2) is 4.50. The molecule has 1 fully saturated rings. The second-order valence-electron chi connectivity index (χ2n) is 6.23. The Balaban J connectivity index is 2.13. The molecule has 0 aliphatic carbocycles. The Morgan fingerprint density at radius 1 is 0.789 bits per heavy atom. The quantitative estimate of drug-likeness (QED) is 0.857. The summed E-state index contributed by atoms with van der Waals surface area (Å²) >= 11 is 0. The fourth-order valence-electron chi connectivity index (χ4n) is 3.36. The van der Waals surface area contributed by atoms with Crippen molar-refractivity contribution >= 4 is 0 Å². The zero-order valence-electron chi connectivity index (χ0n) is 11.7. The van der Waals surface area contributed by atoms with Gasteiger partial charge in [0.15, 0.2) is 0 Å². The van der Waals surface area contributed by atoms with Crippen LogP contribution in [-0.2, 0) is 5.41 Å². The first kappa shape index (κ1) is 12.4. The van der Waals surface area contributed by atoms with Crippen LogP contribution in [0.2, 0.25) is 0 Å². The molecule has 0 atom stereocenters. The molecule has 1 aliphatic heterocycles. The lowest BCUT2D eigenvalue weighted by Crippen LogP contribution is -2.31. The first-order chi connectivity index (χ1) is 9.12. The van der Waals surface area contributed by atoms with E-state index in [1.165, 1.54) is 11.1 Å². The van der Waals surface area contributed by atoms with Crippen LogP contribution in [0.1, 0.15) is 31.4 Å². The third-order valence-corrected chi connectivity index (χ3v) is 4.27. The molecule has 1 heterocycles. The number of hydrogen-bond acceptors (Lipinski definition) is 1. The molecule has 1 aliphatic rings. The third kappa shape index (κ3) is 2.19. The van der Waals surface area contributed by atoms with Gasteiger partial charge >= 0.3 is 0 Å². The minimum absolute atomic E-state index is 0.103. The van der Waals surface area contributed by atoms with E-state index in [4.69, 9.17) is 0 Å². The van der Waals surface area contributed by atoms with Crippen LogP contribution in [0.3, 0.4) is 0 Å². The fraction of sp³-hybridized carbons (Fsp3) is 0.333. The molecule has 1 N–H and O–H groups in total. The second-order valence-corrected chi connectivity index (χ2v) is 6.23. The van der Waals surface area contributed by atoms with E-state index >= 15 is 0 Å². The molecule has 0 aromatic heterocycles. The maximum atomic E-state index is 3.68. The lowest BCUT2D eigenvalue weighted by Gasteiger charge is -2.31. The molecule has 0 amide bonds. The first-order valence-corrected chi connectivity index (χ1v) is 6.99. The number of benzene rings is 2. The molecule has 98 valence electrons. The molecule has 19 heavy (non-hydrogen) atoms. The van der Waals surface area contributed by atoms with E-state index in [1.54, 1.807) is 0 Å². The van der Waals surface area contributed by atoms with Crippen molar-refractivity contribution in [2.75, 3.05) is 6.54 Å². The average Bonchev–Trinajstić information content (AvgIpc) is 2.78. The molecule has 0 unspecified atom stereocenters. The molecule has 1 heteroatoms. The van der Waals surface area contributed by atoms with Crippen molar-refractivity contribution in [1.82, 2.24) is 5.32 Å². The molecule has 0 saturated carbocycles. The Morgan fingerprint density at radius 3 is 1.63 bits per heavy atom. The van der Waals surface area contributed by atoms with Gasteiger partial charge < -0.3 is 5.32 Å². The summed E-state index contributed by atoms with van der Waals surface area (Å²) in [5.41, 5.74) is 3.12. The highest BCUT2D eigenvalue weighted by Gasteiger charge is 2.45. The number of nitrogens with one attached hydrogen (secondary N) is 1. The van der Waals surface area contributed by atoms with Crippen LogP contribution >= 0.6 is 0 Å². The number of rotatable bonds is 2. The van der Waals surface area contributed by atoms with Crippen LogP contribution in [0.5, 0.6) is 0 Å². The van der Waals surface area contributed by atoms with Gasteiger partial charge in [0.2, 0.25) is 0 Å². The first-order valence-electron chi connectivity index (χ1n) is 6.99. The highest BCUT2D eigenvalue weighted by atomic mass is 15.0. The van der Waals surface area contributed by atoms with Crippen molar-refractivity contribution in [3.05, 3.63) is 71.8 Å². The zero-order chi connectivity index (χ0) is 13.3. The van der Waals surface area contributed by atoms with Crippen LogP contribution in [0.25, 0.3) is 0 Å². The highest BCUT2D eigenvalue weighted by Crippen LogP contribution is 2.43. The van der Waals surface area contributed by atoms with Crippen LogP contribution in [0.4, 0.5) is 0 Å². The van der Waals surface area contributed by atoms with Crippen molar-refractivity contribution in [1.29, 1.82) is 0 Å². The van der Waals surface area contributed by atoms with Gasteiger partial charge in [-0.15, -0.1) is 0 Å². The molecular formula is C18H21N. The summed E-state index contributed by atoms with van der Waals surface area (Å²) in [6.07, 6.45) is 1.13. The van der Waals surface area contributed by atoms with E-state index in [0.29, 0.717) is 0 Å². The van der Waals surface area contributed by atoms with Crippen molar-refractivity contribution in [3.8, 4) is 0 Å². The van der Waals surface area contributed by atoms with E-state index < -0.39 is 0 Å². The molecule has 2 aromatic carbocycles. The molecule has 2 aromatic rings. The normalized spacial score (nSPS) is 20.3. The minimum atomic E-state index is 0.103. The maximum absolute atomic E-state index is 3.68. The summed E-state index contributed by atoms with van der Waals surface area (Å²) in [4.78, 5) is 0. The summed E-state index contributed by atoms with van der Waals surface area (Å²) in [6, 6.07) is 21.8. The van der Waals surface area contributed by atoms with E-state index in [2.05, 4.69) is 79.8 Å². The van der Waals surface area contributed by atoms with Gasteiger partial charge in [-0.05, 0) is 31.4 Å². The lowest BCUT2D eigenvalue weighted by molar-refractivity contribution is 0.438. The molecule has 1 saturated heterocycles. The largest absolute Gasteiger partial charge is 0.311 e. The Labute approximate surface area is 115 Å². The minimum Gasteiger partial charge on any atom is -0.311 e. The average molecular weight is 251 g/mol. The van der Waals surface area contributed by atoms with Gasteiger partial charge in [-0.3, -0.25) is 0 Å². The van der Waals surface area contributed by atoms with Crippen molar-refractivity contribution in [3.63, 3.8) is 0 Å².